The zero-order valence-corrected chi connectivity index (χ0v) is 19.6. The number of hydrogen-bond acceptors (Lipinski definition) is 6. The number of allylic oxidation sites excluding steroid dienone is 2. The van der Waals surface area contributed by atoms with Crippen LogP contribution in [0.2, 0.25) is 0 Å². The summed E-state index contributed by atoms with van der Waals surface area (Å²) in [6.45, 7) is 2.60. The molecule has 3 N–H and O–H groups in total. The van der Waals surface area contributed by atoms with Gasteiger partial charge in [0.25, 0.3) is 17.7 Å². The lowest BCUT2D eigenvalue weighted by Gasteiger charge is -2.30. The van der Waals surface area contributed by atoms with E-state index in [4.69, 9.17) is 4.74 Å². The summed E-state index contributed by atoms with van der Waals surface area (Å²) in [7, 11) is 0. The first-order valence-electron chi connectivity index (χ1n) is 11.6. The topological polar surface area (TPSA) is 127 Å². The molecule has 5 rings (SSSR count). The molecule has 0 radical (unpaired) electrons. The fourth-order valence-corrected chi connectivity index (χ4v) is 4.29. The summed E-state index contributed by atoms with van der Waals surface area (Å²) in [4.78, 5) is 41.6. The van der Waals surface area contributed by atoms with E-state index in [-0.39, 0.29) is 41.5 Å². The highest BCUT2D eigenvalue weighted by Gasteiger charge is 2.27. The molecule has 10 nitrogen and oxygen atoms in total. The minimum atomic E-state index is -0.742. The molecular formula is C25H25FN6O4. The maximum Gasteiger partial charge on any atom is 0.270 e. The van der Waals surface area contributed by atoms with Crippen LogP contribution in [-0.4, -0.2) is 45.5 Å². The maximum atomic E-state index is 14.4. The average Bonchev–Trinajstić information content (AvgIpc) is 3.26. The fourth-order valence-electron chi connectivity index (χ4n) is 4.29. The zero-order valence-electron chi connectivity index (χ0n) is 19.6. The van der Waals surface area contributed by atoms with Gasteiger partial charge in [-0.15, -0.1) is 0 Å². The van der Waals surface area contributed by atoms with Crippen molar-refractivity contribution in [3.05, 3.63) is 65.4 Å². The van der Waals surface area contributed by atoms with Crippen LogP contribution in [0.25, 0.3) is 5.65 Å². The molecule has 2 aromatic heterocycles. The summed E-state index contributed by atoms with van der Waals surface area (Å²) in [5, 5.41) is 12.3. The molecular weight excluding hydrogens is 467 g/mol. The van der Waals surface area contributed by atoms with Gasteiger partial charge in [0, 0.05) is 19.2 Å². The first-order chi connectivity index (χ1) is 17.3. The Morgan fingerprint density at radius 1 is 1.22 bits per heavy atom. The van der Waals surface area contributed by atoms with Gasteiger partial charge in [-0.2, -0.15) is 5.10 Å². The molecule has 1 aliphatic carbocycles. The molecule has 3 heterocycles. The molecule has 1 aliphatic heterocycles. The number of nitrogens with zero attached hydrogens (tertiary/aromatic N) is 3. The van der Waals surface area contributed by atoms with E-state index in [9.17, 15) is 18.8 Å². The Bertz CT molecular complexity index is 1400. The SMILES string of the molecule is CC1(CNC(=O)c2cc(C(=O)NCc3ccc4c(c3)NC(=O)CO4)nc3c(F)cnn23)CC=CCC1. The number of ether oxygens (including phenoxy) is 1. The van der Waals surface area contributed by atoms with Gasteiger partial charge in [-0.05, 0) is 42.4 Å². The van der Waals surface area contributed by atoms with Crippen LogP contribution < -0.4 is 20.7 Å². The lowest BCUT2D eigenvalue weighted by molar-refractivity contribution is -0.118. The molecule has 0 fully saturated rings. The Morgan fingerprint density at radius 3 is 2.89 bits per heavy atom. The lowest BCUT2D eigenvalue weighted by atomic mass is 9.79. The van der Waals surface area contributed by atoms with E-state index in [1.54, 1.807) is 18.2 Å². The van der Waals surface area contributed by atoms with Crippen LogP contribution in [0, 0.1) is 11.2 Å². The van der Waals surface area contributed by atoms with Gasteiger partial charge in [-0.25, -0.2) is 13.9 Å². The van der Waals surface area contributed by atoms with Gasteiger partial charge < -0.3 is 20.7 Å². The molecule has 2 aliphatic rings. The van der Waals surface area contributed by atoms with E-state index in [1.165, 1.54) is 6.07 Å². The molecule has 1 unspecified atom stereocenters. The number of nitrogens with one attached hydrogen (secondary N) is 3. The summed E-state index contributed by atoms with van der Waals surface area (Å²) in [5.74, 6) is -1.52. The van der Waals surface area contributed by atoms with Crippen LogP contribution in [0.15, 0.2) is 42.6 Å². The molecule has 186 valence electrons. The van der Waals surface area contributed by atoms with Crippen LogP contribution in [0.5, 0.6) is 5.75 Å². The highest BCUT2D eigenvalue weighted by molar-refractivity contribution is 5.98. The number of benzene rings is 1. The smallest absolute Gasteiger partial charge is 0.270 e. The number of amides is 3. The molecule has 0 saturated heterocycles. The second-order valence-corrected chi connectivity index (χ2v) is 9.31. The number of halogens is 1. The van der Waals surface area contributed by atoms with Gasteiger partial charge in [0.15, 0.2) is 18.1 Å². The van der Waals surface area contributed by atoms with Crippen molar-refractivity contribution in [3.8, 4) is 5.75 Å². The van der Waals surface area contributed by atoms with Crippen molar-refractivity contribution >= 4 is 29.1 Å². The third-order valence-corrected chi connectivity index (χ3v) is 6.39. The molecule has 0 saturated carbocycles. The van der Waals surface area contributed by atoms with Gasteiger partial charge in [0.05, 0.1) is 11.9 Å². The number of carbonyl (C=O) groups excluding carboxylic acids is 3. The van der Waals surface area contributed by atoms with E-state index in [0.717, 1.165) is 30.0 Å². The van der Waals surface area contributed by atoms with Crippen molar-refractivity contribution in [3.63, 3.8) is 0 Å². The second kappa shape index (κ2) is 9.40. The van der Waals surface area contributed by atoms with E-state index in [2.05, 4.69) is 45.1 Å². The predicted octanol–water partition coefficient (Wildman–Crippen LogP) is 2.61. The standard InChI is InChI=1S/C25H25FN6O4/c1-25(7-3-2-4-8-25)14-28-24(35)19-10-18(31-22-16(26)12-29-32(19)22)23(34)27-11-15-5-6-20-17(9-15)30-21(33)13-36-20/h2-3,5-6,9-10,12H,4,7-8,11,13-14H2,1H3,(H,27,34)(H,28,35)(H,30,33). The fraction of sp³-hybridized carbons (Fsp3) is 0.320. The Hall–Kier alpha value is -4.28. The molecule has 1 aromatic carbocycles. The van der Waals surface area contributed by atoms with Crippen molar-refractivity contribution in [1.29, 1.82) is 0 Å². The summed E-state index contributed by atoms with van der Waals surface area (Å²) in [6, 6.07) is 6.45. The second-order valence-electron chi connectivity index (χ2n) is 9.31. The number of anilines is 1. The minimum Gasteiger partial charge on any atom is -0.482 e. The lowest BCUT2D eigenvalue weighted by Crippen LogP contribution is -2.37. The molecule has 0 bridgehead atoms. The van der Waals surface area contributed by atoms with Gasteiger partial charge in [0.1, 0.15) is 17.1 Å². The molecule has 0 spiro atoms. The van der Waals surface area contributed by atoms with Crippen molar-refractivity contribution < 1.29 is 23.5 Å². The number of rotatable bonds is 6. The first-order valence-corrected chi connectivity index (χ1v) is 11.6. The van der Waals surface area contributed by atoms with Crippen molar-refractivity contribution in [1.82, 2.24) is 25.2 Å². The summed E-state index contributed by atoms with van der Waals surface area (Å²) in [5.41, 5.74) is 0.822. The van der Waals surface area contributed by atoms with Crippen molar-refractivity contribution in [2.45, 2.75) is 32.7 Å². The van der Waals surface area contributed by atoms with Crippen molar-refractivity contribution in [2.24, 2.45) is 5.41 Å². The Morgan fingerprint density at radius 2 is 2.08 bits per heavy atom. The van der Waals surface area contributed by atoms with Gasteiger partial charge >= 0.3 is 0 Å². The average molecular weight is 493 g/mol. The van der Waals surface area contributed by atoms with E-state index in [1.807, 2.05) is 0 Å². The molecule has 36 heavy (non-hydrogen) atoms. The largest absolute Gasteiger partial charge is 0.482 e. The number of fused-ring (bicyclic) bond motifs is 2. The van der Waals surface area contributed by atoms with Gasteiger partial charge in [-0.3, -0.25) is 14.4 Å². The Labute approximate surface area is 205 Å². The number of aromatic nitrogens is 3. The van der Waals surface area contributed by atoms with Crippen LogP contribution in [-0.2, 0) is 11.3 Å². The normalized spacial score (nSPS) is 18.8. The third-order valence-electron chi connectivity index (χ3n) is 6.39. The summed E-state index contributed by atoms with van der Waals surface area (Å²) < 4.78 is 20.8. The zero-order chi connectivity index (χ0) is 25.3. The summed E-state index contributed by atoms with van der Waals surface area (Å²) >= 11 is 0. The molecule has 11 heteroatoms. The number of carbonyl (C=O) groups is 3. The van der Waals surface area contributed by atoms with Crippen molar-refractivity contribution in [2.75, 3.05) is 18.5 Å². The van der Waals surface area contributed by atoms with E-state index >= 15 is 0 Å². The van der Waals surface area contributed by atoms with E-state index in [0.29, 0.717) is 23.5 Å². The number of hydrogen-bond donors (Lipinski definition) is 3. The quantitative estimate of drug-likeness (QED) is 0.454. The third kappa shape index (κ3) is 4.77. The maximum absolute atomic E-state index is 14.4. The van der Waals surface area contributed by atoms with Crippen LogP contribution in [0.1, 0.15) is 52.7 Å². The van der Waals surface area contributed by atoms with Gasteiger partial charge in [-0.1, -0.05) is 25.1 Å². The highest BCUT2D eigenvalue weighted by Crippen LogP contribution is 2.31. The Kier molecular flexibility index (Phi) is 6.13. The van der Waals surface area contributed by atoms with E-state index < -0.39 is 17.6 Å². The molecule has 1 atom stereocenters. The minimum absolute atomic E-state index is 0.0117. The summed E-state index contributed by atoms with van der Waals surface area (Å²) in [6.07, 6.45) is 7.93. The molecule has 3 aromatic rings. The first kappa shape index (κ1) is 23.5. The van der Waals surface area contributed by atoms with Crippen LogP contribution in [0.3, 0.4) is 0 Å². The Balaban J connectivity index is 1.33. The molecule has 3 amide bonds. The monoisotopic (exact) mass is 492 g/mol. The van der Waals surface area contributed by atoms with Crippen LogP contribution in [0.4, 0.5) is 10.1 Å². The van der Waals surface area contributed by atoms with Crippen LogP contribution >= 0.6 is 0 Å². The predicted molar refractivity (Wildman–Crippen MR) is 128 cm³/mol. The highest BCUT2D eigenvalue weighted by atomic mass is 19.1. The van der Waals surface area contributed by atoms with Gasteiger partial charge in [0.2, 0.25) is 0 Å².